The standard InChI is InChI=1S/C16H14BrF5N2O3S.H2S/c1-8(16(20,21)22)7-28(26,27)9-5-12(24(2)6-9)15(25)23-11-4-3-10(18)13(17)14(11)19;/h3-6,8H,7H2,1-2H3,(H,23,25);1H2/t8-;/m1./s1. The number of nitrogens with zero attached hydrogens (tertiary/aromatic N) is 1. The van der Waals surface area contributed by atoms with E-state index in [1.54, 1.807) is 0 Å². The fourth-order valence-electron chi connectivity index (χ4n) is 2.26. The van der Waals surface area contributed by atoms with Gasteiger partial charge in [0.15, 0.2) is 15.7 Å². The van der Waals surface area contributed by atoms with Gasteiger partial charge in [0.1, 0.15) is 11.5 Å². The maximum Gasteiger partial charge on any atom is 0.392 e. The average molecular weight is 523 g/mol. The van der Waals surface area contributed by atoms with Crippen molar-refractivity contribution in [1.29, 1.82) is 0 Å². The second kappa shape index (κ2) is 9.04. The minimum Gasteiger partial charge on any atom is -0.345 e. The van der Waals surface area contributed by atoms with E-state index in [0.717, 1.165) is 35.9 Å². The normalized spacial score (nSPS) is 13.0. The molecule has 29 heavy (non-hydrogen) atoms. The van der Waals surface area contributed by atoms with Gasteiger partial charge in [-0.25, -0.2) is 17.2 Å². The molecule has 162 valence electrons. The van der Waals surface area contributed by atoms with Crippen molar-refractivity contribution in [2.24, 2.45) is 13.0 Å². The molecule has 0 spiro atoms. The van der Waals surface area contributed by atoms with Crippen molar-refractivity contribution < 1.29 is 35.2 Å². The SMILES string of the molecule is C[C@H](CS(=O)(=O)c1cc(C(=O)Nc2ccc(F)c(Br)c2F)n(C)c1)C(F)(F)F.S. The Kier molecular flexibility index (Phi) is 7.93. The van der Waals surface area contributed by atoms with E-state index in [9.17, 15) is 35.2 Å². The second-order valence-corrected chi connectivity index (χ2v) is 8.90. The molecular formula is C16H16BrF5N2O3S2. The number of halogens is 6. The number of sulfone groups is 1. The molecule has 0 radical (unpaired) electrons. The molecule has 0 aliphatic heterocycles. The molecule has 1 atom stereocenters. The highest BCUT2D eigenvalue weighted by Gasteiger charge is 2.39. The molecule has 1 amide bonds. The number of carbonyl (C=O) groups excluding carboxylic acids is 1. The van der Waals surface area contributed by atoms with Crippen LogP contribution in [0.4, 0.5) is 27.6 Å². The fraction of sp³-hybridized carbons (Fsp3) is 0.312. The molecule has 0 unspecified atom stereocenters. The van der Waals surface area contributed by atoms with Gasteiger partial charge in [0.25, 0.3) is 5.91 Å². The number of nitrogens with one attached hydrogen (secondary N) is 1. The van der Waals surface area contributed by atoms with E-state index in [1.165, 1.54) is 7.05 Å². The van der Waals surface area contributed by atoms with Crippen LogP contribution in [0.25, 0.3) is 0 Å². The average Bonchev–Trinajstić information content (AvgIpc) is 2.97. The van der Waals surface area contributed by atoms with Crippen molar-refractivity contribution in [3.05, 3.63) is 46.2 Å². The summed E-state index contributed by atoms with van der Waals surface area (Å²) < 4.78 is 90.2. The van der Waals surface area contributed by atoms with E-state index in [0.29, 0.717) is 0 Å². The summed E-state index contributed by atoms with van der Waals surface area (Å²) in [5.74, 6) is -6.16. The fourth-order valence-corrected chi connectivity index (χ4v) is 4.25. The van der Waals surface area contributed by atoms with Gasteiger partial charge in [0, 0.05) is 13.2 Å². The van der Waals surface area contributed by atoms with E-state index in [4.69, 9.17) is 0 Å². The number of carbonyl (C=O) groups is 1. The molecule has 1 N–H and O–H groups in total. The topological polar surface area (TPSA) is 68.2 Å². The van der Waals surface area contributed by atoms with Gasteiger partial charge in [-0.1, -0.05) is 6.92 Å². The third kappa shape index (κ3) is 5.72. The van der Waals surface area contributed by atoms with Gasteiger partial charge in [0.05, 0.1) is 26.7 Å². The molecule has 0 aliphatic carbocycles. The lowest BCUT2D eigenvalue weighted by Gasteiger charge is -2.14. The highest BCUT2D eigenvalue weighted by molar-refractivity contribution is 9.10. The monoisotopic (exact) mass is 522 g/mol. The zero-order chi connectivity index (χ0) is 21.4. The Morgan fingerprint density at radius 3 is 2.41 bits per heavy atom. The number of anilines is 1. The molecule has 1 aromatic carbocycles. The van der Waals surface area contributed by atoms with Crippen LogP contribution in [-0.4, -0.2) is 30.8 Å². The van der Waals surface area contributed by atoms with Crippen LogP contribution in [-0.2, 0) is 16.9 Å². The van der Waals surface area contributed by atoms with Gasteiger partial charge in [0.2, 0.25) is 0 Å². The van der Waals surface area contributed by atoms with Gasteiger partial charge in [-0.2, -0.15) is 26.7 Å². The molecule has 1 heterocycles. The molecule has 5 nitrogen and oxygen atoms in total. The third-order valence-electron chi connectivity index (χ3n) is 3.88. The number of rotatable bonds is 5. The molecule has 2 aromatic rings. The summed E-state index contributed by atoms with van der Waals surface area (Å²) >= 11 is 2.68. The number of aryl methyl sites for hydroxylation is 1. The van der Waals surface area contributed by atoms with Crippen molar-refractivity contribution in [2.45, 2.75) is 18.0 Å². The second-order valence-electron chi connectivity index (χ2n) is 6.07. The van der Waals surface area contributed by atoms with Gasteiger partial charge < -0.3 is 9.88 Å². The molecule has 0 aliphatic rings. The quantitative estimate of drug-likeness (QED) is 0.467. The Balaban J connectivity index is 0.00000420. The lowest BCUT2D eigenvalue weighted by atomic mass is 10.2. The Bertz CT molecular complexity index is 1020. The van der Waals surface area contributed by atoms with Crippen LogP contribution >= 0.6 is 29.4 Å². The molecule has 1 aromatic heterocycles. The number of alkyl halides is 3. The Labute approximate surface area is 178 Å². The van der Waals surface area contributed by atoms with Gasteiger partial charge in [-0.3, -0.25) is 4.79 Å². The van der Waals surface area contributed by atoms with Gasteiger partial charge in [-0.05, 0) is 34.1 Å². The lowest BCUT2D eigenvalue weighted by Crippen LogP contribution is -2.27. The first kappa shape index (κ1) is 25.4. The predicted octanol–water partition coefficient (Wildman–Crippen LogP) is 4.40. The smallest absolute Gasteiger partial charge is 0.345 e. The molecule has 0 saturated heterocycles. The summed E-state index contributed by atoms with van der Waals surface area (Å²) in [7, 11) is -3.02. The van der Waals surface area contributed by atoms with Crippen LogP contribution < -0.4 is 5.32 Å². The largest absolute Gasteiger partial charge is 0.392 e. The Morgan fingerprint density at radius 1 is 1.28 bits per heavy atom. The molecule has 0 fully saturated rings. The van der Waals surface area contributed by atoms with Crippen LogP contribution in [0.15, 0.2) is 33.8 Å². The maximum absolute atomic E-state index is 14.0. The van der Waals surface area contributed by atoms with Crippen LogP contribution in [0.3, 0.4) is 0 Å². The van der Waals surface area contributed by atoms with Crippen molar-refractivity contribution in [3.63, 3.8) is 0 Å². The molecule has 0 saturated carbocycles. The molecule has 13 heteroatoms. The lowest BCUT2D eigenvalue weighted by molar-refractivity contribution is -0.163. The van der Waals surface area contributed by atoms with E-state index in [2.05, 4.69) is 21.2 Å². The highest BCUT2D eigenvalue weighted by Crippen LogP contribution is 2.30. The predicted molar refractivity (Wildman–Crippen MR) is 105 cm³/mol. The summed E-state index contributed by atoms with van der Waals surface area (Å²) in [5.41, 5.74) is -0.604. The molecule has 2 rings (SSSR count). The summed E-state index contributed by atoms with van der Waals surface area (Å²) in [5, 5.41) is 2.16. The number of amides is 1. The Morgan fingerprint density at radius 2 is 1.86 bits per heavy atom. The first-order valence-electron chi connectivity index (χ1n) is 7.64. The van der Waals surface area contributed by atoms with Crippen LogP contribution in [0.2, 0.25) is 0 Å². The van der Waals surface area contributed by atoms with Crippen LogP contribution in [0.5, 0.6) is 0 Å². The van der Waals surface area contributed by atoms with E-state index >= 15 is 0 Å². The number of hydrogen-bond donors (Lipinski definition) is 1. The third-order valence-corrected chi connectivity index (χ3v) is 6.49. The summed E-state index contributed by atoms with van der Waals surface area (Å²) in [6.07, 6.45) is -3.69. The number of aromatic nitrogens is 1. The number of hydrogen-bond acceptors (Lipinski definition) is 3. The summed E-state index contributed by atoms with van der Waals surface area (Å²) in [6, 6.07) is 2.77. The van der Waals surface area contributed by atoms with Crippen LogP contribution in [0, 0.1) is 17.6 Å². The maximum atomic E-state index is 14.0. The zero-order valence-corrected chi connectivity index (χ0v) is 18.3. The number of benzene rings is 1. The van der Waals surface area contributed by atoms with E-state index in [-0.39, 0.29) is 24.9 Å². The summed E-state index contributed by atoms with van der Waals surface area (Å²) in [6.45, 7) is 0.739. The minimum absolute atomic E-state index is 0. The molecular weight excluding hydrogens is 507 g/mol. The van der Waals surface area contributed by atoms with Gasteiger partial charge in [-0.15, -0.1) is 0 Å². The van der Waals surface area contributed by atoms with Gasteiger partial charge >= 0.3 is 6.18 Å². The first-order chi connectivity index (χ1) is 12.7. The van der Waals surface area contributed by atoms with Crippen molar-refractivity contribution in [3.8, 4) is 0 Å². The van der Waals surface area contributed by atoms with E-state index in [1.807, 2.05) is 0 Å². The van der Waals surface area contributed by atoms with Crippen molar-refractivity contribution in [1.82, 2.24) is 4.57 Å². The molecule has 0 bridgehead atoms. The zero-order valence-electron chi connectivity index (χ0n) is 14.9. The van der Waals surface area contributed by atoms with Crippen molar-refractivity contribution in [2.75, 3.05) is 11.1 Å². The van der Waals surface area contributed by atoms with E-state index < -0.39 is 54.6 Å². The Hall–Kier alpha value is -1.60. The summed E-state index contributed by atoms with van der Waals surface area (Å²) in [4.78, 5) is 11.8. The van der Waals surface area contributed by atoms with Crippen molar-refractivity contribution >= 4 is 50.9 Å². The first-order valence-corrected chi connectivity index (χ1v) is 10.1. The highest BCUT2D eigenvalue weighted by atomic mass is 79.9. The minimum atomic E-state index is -4.68. The van der Waals surface area contributed by atoms with Crippen LogP contribution in [0.1, 0.15) is 17.4 Å².